The number of benzene rings is 1. The van der Waals surface area contributed by atoms with Crippen molar-refractivity contribution < 1.29 is 13.2 Å². The molecule has 20 heavy (non-hydrogen) atoms. The van der Waals surface area contributed by atoms with E-state index in [1.165, 1.54) is 4.68 Å². The van der Waals surface area contributed by atoms with Crippen LogP contribution in [0.25, 0.3) is 16.9 Å². The number of aromatic amines is 1. The van der Waals surface area contributed by atoms with Gasteiger partial charge >= 0.3 is 6.18 Å². The van der Waals surface area contributed by atoms with Crippen LogP contribution in [0.5, 0.6) is 0 Å². The molecule has 0 unspecified atom stereocenters. The highest BCUT2D eigenvalue weighted by molar-refractivity contribution is 6.37. The standard InChI is InChI=1S/C13H7Cl2F3N2/c14-9-4-8(13(16,17)18)5-10(15)12(9)20-6-7-2-1-3-11(7)19-20/h1-6,19H. The fraction of sp³-hybridized carbons (Fsp3) is 0.0769. The smallest absolute Gasteiger partial charge is 0.294 e. The fourth-order valence-corrected chi connectivity index (χ4v) is 2.70. The Kier molecular flexibility index (Phi) is 2.99. The molecule has 104 valence electrons. The van der Waals surface area contributed by atoms with Gasteiger partial charge in [0.25, 0.3) is 0 Å². The summed E-state index contributed by atoms with van der Waals surface area (Å²) in [4.78, 5) is 0. The Labute approximate surface area is 122 Å². The number of hydrogen-bond donors (Lipinski definition) is 1. The Balaban J connectivity index is 2.16. The van der Waals surface area contributed by atoms with Crippen molar-refractivity contribution in [3.05, 3.63) is 52.1 Å². The summed E-state index contributed by atoms with van der Waals surface area (Å²) in [5.41, 5.74) is 1.18. The van der Waals surface area contributed by atoms with E-state index < -0.39 is 11.7 Å². The SMILES string of the molecule is FC(F)(F)c1cc(Cl)c(-n2cc3cccc-3[nH]2)c(Cl)c1. The molecular formula is C13H7Cl2F3N2. The van der Waals surface area contributed by atoms with Gasteiger partial charge in [0.05, 0.1) is 27.0 Å². The van der Waals surface area contributed by atoms with E-state index in [0.29, 0.717) is 0 Å². The first-order chi connectivity index (χ1) is 9.36. The number of halogens is 5. The molecule has 1 N–H and O–H groups in total. The first-order valence-corrected chi connectivity index (χ1v) is 6.34. The predicted octanol–water partition coefficient (Wildman–Crippen LogP) is 5.24. The van der Waals surface area contributed by atoms with Gasteiger partial charge in [0.15, 0.2) is 0 Å². The number of fused-ring (bicyclic) bond motifs is 1. The fourth-order valence-electron chi connectivity index (χ4n) is 2.03. The molecule has 0 spiro atoms. The zero-order valence-electron chi connectivity index (χ0n) is 9.80. The number of rotatable bonds is 1. The maximum absolute atomic E-state index is 12.7. The molecule has 1 aliphatic carbocycles. The summed E-state index contributed by atoms with van der Waals surface area (Å²) in [6.07, 6.45) is -2.76. The van der Waals surface area contributed by atoms with Gasteiger partial charge in [0, 0.05) is 11.8 Å². The Hall–Kier alpha value is -1.59. The first kappa shape index (κ1) is 13.4. The van der Waals surface area contributed by atoms with E-state index in [-0.39, 0.29) is 15.7 Å². The number of aromatic nitrogens is 2. The van der Waals surface area contributed by atoms with Crippen LogP contribution in [0.15, 0.2) is 36.5 Å². The van der Waals surface area contributed by atoms with Crippen molar-refractivity contribution >= 4 is 23.2 Å². The van der Waals surface area contributed by atoms with Crippen LogP contribution in [-0.4, -0.2) is 9.78 Å². The molecule has 3 rings (SSSR count). The summed E-state index contributed by atoms with van der Waals surface area (Å²) in [5.74, 6) is 0. The summed E-state index contributed by atoms with van der Waals surface area (Å²) < 4.78 is 39.5. The molecule has 1 aromatic carbocycles. The normalized spacial score (nSPS) is 12.2. The Morgan fingerprint density at radius 3 is 2.25 bits per heavy atom. The summed E-state index contributed by atoms with van der Waals surface area (Å²) in [6, 6.07) is 7.30. The molecule has 0 bridgehead atoms. The molecule has 2 aliphatic rings. The van der Waals surface area contributed by atoms with Crippen LogP contribution in [0, 0.1) is 0 Å². The summed E-state index contributed by atoms with van der Waals surface area (Å²) in [5, 5.41) is 2.86. The molecule has 1 heterocycles. The minimum Gasteiger partial charge on any atom is -0.294 e. The second-order valence-electron chi connectivity index (χ2n) is 4.29. The predicted molar refractivity (Wildman–Crippen MR) is 71.8 cm³/mol. The number of nitrogens with one attached hydrogen (secondary N) is 1. The van der Waals surface area contributed by atoms with E-state index in [2.05, 4.69) is 5.10 Å². The molecule has 0 fully saturated rings. The van der Waals surface area contributed by atoms with Crippen LogP contribution in [0.2, 0.25) is 10.0 Å². The van der Waals surface area contributed by atoms with Crippen molar-refractivity contribution in [2.45, 2.75) is 6.18 Å². The number of H-pyrrole nitrogens is 1. The highest BCUT2D eigenvalue weighted by atomic mass is 35.5. The average molecular weight is 319 g/mol. The monoisotopic (exact) mass is 318 g/mol. The topological polar surface area (TPSA) is 20.7 Å². The van der Waals surface area contributed by atoms with Gasteiger partial charge in [-0.05, 0) is 18.2 Å². The van der Waals surface area contributed by atoms with Gasteiger partial charge in [-0.25, -0.2) is 0 Å². The molecule has 0 saturated carbocycles. The van der Waals surface area contributed by atoms with Crippen LogP contribution in [0.4, 0.5) is 13.2 Å². The van der Waals surface area contributed by atoms with Crippen molar-refractivity contribution in [1.82, 2.24) is 9.78 Å². The van der Waals surface area contributed by atoms with E-state index in [9.17, 15) is 13.2 Å². The maximum Gasteiger partial charge on any atom is 0.416 e. The molecule has 1 aromatic rings. The number of hydrogen-bond acceptors (Lipinski definition) is 0. The second kappa shape index (κ2) is 4.46. The Bertz CT molecular complexity index is 694. The minimum atomic E-state index is -4.48. The quantitative estimate of drug-likeness (QED) is 0.633. The van der Waals surface area contributed by atoms with E-state index >= 15 is 0 Å². The molecule has 2 nitrogen and oxygen atoms in total. The van der Waals surface area contributed by atoms with Crippen molar-refractivity contribution in [3.8, 4) is 16.9 Å². The Morgan fingerprint density at radius 2 is 1.70 bits per heavy atom. The Morgan fingerprint density at radius 1 is 1.05 bits per heavy atom. The average Bonchev–Trinajstić information content (AvgIpc) is 2.87. The maximum atomic E-state index is 12.7. The third-order valence-electron chi connectivity index (χ3n) is 2.94. The highest BCUT2D eigenvalue weighted by Gasteiger charge is 2.32. The summed E-state index contributed by atoms with van der Waals surface area (Å²) in [6.45, 7) is 0. The van der Waals surface area contributed by atoms with Crippen LogP contribution >= 0.6 is 23.2 Å². The number of alkyl halides is 3. The van der Waals surface area contributed by atoms with Gasteiger partial charge in [-0.1, -0.05) is 35.3 Å². The first-order valence-electron chi connectivity index (χ1n) is 5.59. The summed E-state index contributed by atoms with van der Waals surface area (Å²) >= 11 is 11.9. The van der Waals surface area contributed by atoms with Crippen molar-refractivity contribution in [3.63, 3.8) is 0 Å². The molecule has 0 saturated heterocycles. The van der Waals surface area contributed by atoms with Gasteiger partial charge < -0.3 is 0 Å². The van der Waals surface area contributed by atoms with Gasteiger partial charge in [-0.15, -0.1) is 0 Å². The zero-order valence-corrected chi connectivity index (χ0v) is 11.3. The zero-order chi connectivity index (χ0) is 14.5. The van der Waals surface area contributed by atoms with Crippen LogP contribution in [0.3, 0.4) is 0 Å². The van der Waals surface area contributed by atoms with E-state index in [1.807, 2.05) is 18.2 Å². The third kappa shape index (κ3) is 2.17. The van der Waals surface area contributed by atoms with Crippen molar-refractivity contribution in [2.24, 2.45) is 0 Å². The molecule has 0 amide bonds. The van der Waals surface area contributed by atoms with Crippen molar-refractivity contribution in [2.75, 3.05) is 0 Å². The van der Waals surface area contributed by atoms with Crippen molar-refractivity contribution in [1.29, 1.82) is 0 Å². The van der Waals surface area contributed by atoms with E-state index in [4.69, 9.17) is 23.2 Å². The largest absolute Gasteiger partial charge is 0.416 e. The molecule has 0 aromatic heterocycles. The van der Waals surface area contributed by atoms with Crippen LogP contribution in [-0.2, 0) is 6.18 Å². The van der Waals surface area contributed by atoms with E-state index in [1.54, 1.807) is 6.20 Å². The highest BCUT2D eigenvalue weighted by Crippen LogP contribution is 2.38. The lowest BCUT2D eigenvalue weighted by Gasteiger charge is -2.12. The third-order valence-corrected chi connectivity index (χ3v) is 3.52. The molecule has 1 aliphatic heterocycles. The van der Waals surface area contributed by atoms with Gasteiger partial charge in [0.1, 0.15) is 0 Å². The number of nitrogens with zero attached hydrogens (tertiary/aromatic N) is 1. The lowest BCUT2D eigenvalue weighted by atomic mass is 10.2. The van der Waals surface area contributed by atoms with Crippen LogP contribution < -0.4 is 0 Å². The summed E-state index contributed by atoms with van der Waals surface area (Å²) in [7, 11) is 0. The molecule has 7 heteroatoms. The van der Waals surface area contributed by atoms with Crippen LogP contribution in [0.1, 0.15) is 5.56 Å². The second-order valence-corrected chi connectivity index (χ2v) is 5.11. The van der Waals surface area contributed by atoms with Gasteiger partial charge in [-0.3, -0.25) is 9.78 Å². The lowest BCUT2D eigenvalue weighted by molar-refractivity contribution is -0.137. The molecule has 0 radical (unpaired) electrons. The lowest BCUT2D eigenvalue weighted by Crippen LogP contribution is -2.06. The molecular weight excluding hydrogens is 312 g/mol. The van der Waals surface area contributed by atoms with E-state index in [0.717, 1.165) is 23.4 Å². The minimum absolute atomic E-state index is 0.0706. The molecule has 0 atom stereocenters. The van der Waals surface area contributed by atoms with Gasteiger partial charge in [-0.2, -0.15) is 13.2 Å². The van der Waals surface area contributed by atoms with Gasteiger partial charge in [0.2, 0.25) is 0 Å².